The van der Waals surface area contributed by atoms with Crippen LogP contribution in [0.5, 0.6) is 0 Å². The monoisotopic (exact) mass is 327 g/mol. The molecule has 0 spiro atoms. The number of aliphatic carboxylic acids is 1. The van der Waals surface area contributed by atoms with E-state index in [2.05, 4.69) is 4.98 Å². The predicted octanol–water partition coefficient (Wildman–Crippen LogP) is 0.656. The summed E-state index contributed by atoms with van der Waals surface area (Å²) in [6.45, 7) is 1.82. The molecule has 2 atom stereocenters. The van der Waals surface area contributed by atoms with E-state index < -0.39 is 12.0 Å². The molecule has 1 unspecified atom stereocenters. The van der Waals surface area contributed by atoms with Gasteiger partial charge in [-0.05, 0) is 12.5 Å². The van der Waals surface area contributed by atoms with Crippen molar-refractivity contribution in [2.24, 2.45) is 5.73 Å². The smallest absolute Gasteiger partial charge is 0.352 e. The Morgan fingerprint density at radius 3 is 3.10 bits per heavy atom. The van der Waals surface area contributed by atoms with Crippen molar-refractivity contribution in [2.45, 2.75) is 23.4 Å². The zero-order valence-electron chi connectivity index (χ0n) is 11.1. The Labute approximate surface area is 128 Å². The van der Waals surface area contributed by atoms with Crippen LogP contribution >= 0.6 is 23.5 Å². The quantitative estimate of drug-likeness (QED) is 0.613. The number of carboxylic acid groups (broad SMARTS) is 1. The summed E-state index contributed by atoms with van der Waals surface area (Å²) in [5, 5.41) is 9.80. The highest BCUT2D eigenvalue weighted by atomic mass is 32.2. The molecule has 7 nitrogen and oxygen atoms in total. The van der Waals surface area contributed by atoms with Gasteiger partial charge in [0, 0.05) is 11.5 Å². The van der Waals surface area contributed by atoms with Gasteiger partial charge in [-0.25, -0.2) is 9.78 Å². The molecule has 112 valence electrons. The van der Waals surface area contributed by atoms with Crippen LogP contribution in [0.4, 0.5) is 0 Å². The second kappa shape index (κ2) is 5.39. The minimum atomic E-state index is -1.09. The first kappa shape index (κ1) is 14.5. The highest BCUT2D eigenvalue weighted by Gasteiger charge is 2.51. The van der Waals surface area contributed by atoms with Crippen LogP contribution in [0, 0.1) is 6.92 Å². The van der Waals surface area contributed by atoms with Crippen LogP contribution in [0.3, 0.4) is 0 Å². The second-order valence-electron chi connectivity index (χ2n) is 4.71. The Morgan fingerprint density at radius 2 is 2.48 bits per heavy atom. The van der Waals surface area contributed by atoms with Crippen molar-refractivity contribution >= 4 is 35.4 Å². The number of hydrogen-bond acceptors (Lipinski definition) is 7. The molecule has 1 saturated heterocycles. The van der Waals surface area contributed by atoms with Gasteiger partial charge in [-0.2, -0.15) is 0 Å². The Balaban J connectivity index is 1.83. The van der Waals surface area contributed by atoms with Crippen LogP contribution in [0.25, 0.3) is 0 Å². The average Bonchev–Trinajstić information content (AvgIpc) is 2.88. The van der Waals surface area contributed by atoms with Crippen LogP contribution in [0.15, 0.2) is 27.2 Å². The number of nitrogens with zero attached hydrogens (tertiary/aromatic N) is 2. The fourth-order valence-electron chi connectivity index (χ4n) is 2.27. The minimum absolute atomic E-state index is 0.0649. The average molecular weight is 327 g/mol. The highest BCUT2D eigenvalue weighted by molar-refractivity contribution is 8.01. The number of β-lactam (4-membered cyclic amide) rings is 1. The van der Waals surface area contributed by atoms with Crippen LogP contribution in [0.1, 0.15) is 5.69 Å². The SMILES string of the molecule is Cc1ncoc1SCC1=C(C(=O)O)N2C(=O)C(N)[C@@H]2SC1. The minimum Gasteiger partial charge on any atom is -0.477 e. The van der Waals surface area contributed by atoms with Gasteiger partial charge in [0.15, 0.2) is 11.5 Å². The number of carbonyl (C=O) groups is 2. The summed E-state index contributed by atoms with van der Waals surface area (Å²) in [6, 6.07) is -0.602. The first-order valence-corrected chi connectivity index (χ1v) is 8.22. The number of fused-ring (bicyclic) bond motifs is 1. The molecule has 21 heavy (non-hydrogen) atoms. The molecular formula is C12H13N3O4S2. The van der Waals surface area contributed by atoms with E-state index in [-0.39, 0.29) is 17.0 Å². The summed E-state index contributed by atoms with van der Waals surface area (Å²) in [7, 11) is 0. The van der Waals surface area contributed by atoms with E-state index >= 15 is 0 Å². The lowest BCUT2D eigenvalue weighted by Gasteiger charge is -2.48. The summed E-state index contributed by atoms with van der Waals surface area (Å²) >= 11 is 2.87. The van der Waals surface area contributed by atoms with Crippen molar-refractivity contribution in [1.29, 1.82) is 0 Å². The van der Waals surface area contributed by atoms with Crippen LogP contribution < -0.4 is 5.73 Å². The normalized spacial score (nSPS) is 24.9. The van der Waals surface area contributed by atoms with E-state index in [0.29, 0.717) is 22.2 Å². The molecule has 3 heterocycles. The maximum Gasteiger partial charge on any atom is 0.352 e. The van der Waals surface area contributed by atoms with Crippen LogP contribution in [-0.2, 0) is 9.59 Å². The standard InChI is InChI=1S/C12H13N3O4S2/c1-5-12(19-4-14-5)21-3-6-2-20-10-7(13)9(16)15(10)8(6)11(17)18/h4,7,10H,2-3,13H2,1H3,(H,17,18)/t7?,10-/m0/s1. The summed E-state index contributed by atoms with van der Waals surface area (Å²) in [6.07, 6.45) is 1.35. The Bertz CT molecular complexity index is 642. The lowest BCUT2D eigenvalue weighted by atomic mass is 10.0. The number of carbonyl (C=O) groups excluding carboxylic acids is 1. The Kier molecular flexibility index (Phi) is 3.72. The largest absolute Gasteiger partial charge is 0.477 e. The molecule has 2 aliphatic rings. The molecule has 3 N–H and O–H groups in total. The maximum absolute atomic E-state index is 11.8. The summed E-state index contributed by atoms with van der Waals surface area (Å²) in [5.74, 6) is -0.436. The van der Waals surface area contributed by atoms with Crippen molar-refractivity contribution in [3.63, 3.8) is 0 Å². The topological polar surface area (TPSA) is 110 Å². The first-order chi connectivity index (χ1) is 10.0. The number of amides is 1. The molecule has 9 heteroatoms. The van der Waals surface area contributed by atoms with Crippen LogP contribution in [-0.4, -0.2) is 49.8 Å². The van der Waals surface area contributed by atoms with Gasteiger partial charge < -0.3 is 15.3 Å². The van der Waals surface area contributed by atoms with E-state index in [0.717, 1.165) is 5.69 Å². The van der Waals surface area contributed by atoms with Gasteiger partial charge in [0.05, 0.1) is 5.69 Å². The number of aryl methyl sites for hydroxylation is 1. The predicted molar refractivity (Wildman–Crippen MR) is 77.7 cm³/mol. The van der Waals surface area contributed by atoms with E-state index in [1.165, 1.54) is 34.8 Å². The molecule has 1 fully saturated rings. The van der Waals surface area contributed by atoms with Gasteiger partial charge in [0.1, 0.15) is 17.1 Å². The molecule has 0 aliphatic carbocycles. The number of carboxylic acids is 1. The van der Waals surface area contributed by atoms with Crippen LogP contribution in [0.2, 0.25) is 0 Å². The van der Waals surface area contributed by atoms with Crippen molar-refractivity contribution in [1.82, 2.24) is 9.88 Å². The van der Waals surface area contributed by atoms with Gasteiger partial charge in [0.25, 0.3) is 0 Å². The second-order valence-corrected chi connectivity index (χ2v) is 6.76. The van der Waals surface area contributed by atoms with Crippen molar-refractivity contribution in [3.05, 3.63) is 23.4 Å². The molecule has 0 radical (unpaired) electrons. The van der Waals surface area contributed by atoms with Gasteiger partial charge in [-0.15, -0.1) is 11.8 Å². The van der Waals surface area contributed by atoms with Gasteiger partial charge >= 0.3 is 5.97 Å². The zero-order chi connectivity index (χ0) is 15.1. The lowest BCUT2D eigenvalue weighted by molar-refractivity contribution is -0.147. The first-order valence-electron chi connectivity index (χ1n) is 6.19. The number of rotatable bonds is 4. The van der Waals surface area contributed by atoms with Crippen molar-refractivity contribution < 1.29 is 19.1 Å². The van der Waals surface area contributed by atoms with E-state index in [4.69, 9.17) is 10.2 Å². The third kappa shape index (κ3) is 2.34. The summed E-state index contributed by atoms with van der Waals surface area (Å²) in [5.41, 5.74) is 7.23. The number of thioether (sulfide) groups is 2. The summed E-state index contributed by atoms with van der Waals surface area (Å²) in [4.78, 5) is 28.6. The fraction of sp³-hybridized carbons (Fsp3) is 0.417. The molecule has 3 rings (SSSR count). The number of nitrogens with two attached hydrogens (primary N) is 1. The van der Waals surface area contributed by atoms with E-state index in [9.17, 15) is 14.7 Å². The number of hydrogen-bond donors (Lipinski definition) is 2. The van der Waals surface area contributed by atoms with E-state index in [1.807, 2.05) is 6.92 Å². The van der Waals surface area contributed by atoms with Crippen molar-refractivity contribution in [3.8, 4) is 0 Å². The van der Waals surface area contributed by atoms with E-state index in [1.54, 1.807) is 0 Å². The molecular weight excluding hydrogens is 314 g/mol. The Hall–Kier alpha value is -1.45. The van der Waals surface area contributed by atoms with Crippen molar-refractivity contribution in [2.75, 3.05) is 11.5 Å². The maximum atomic E-state index is 11.8. The molecule has 2 aliphatic heterocycles. The third-order valence-electron chi connectivity index (χ3n) is 3.37. The fourth-order valence-corrected chi connectivity index (χ4v) is 4.61. The molecule has 1 aromatic rings. The molecule has 0 aromatic carbocycles. The number of aromatic nitrogens is 1. The Morgan fingerprint density at radius 1 is 1.71 bits per heavy atom. The van der Waals surface area contributed by atoms with Gasteiger partial charge in [-0.3, -0.25) is 9.69 Å². The lowest BCUT2D eigenvalue weighted by Crippen LogP contribution is -2.68. The van der Waals surface area contributed by atoms with Gasteiger partial charge in [0.2, 0.25) is 5.91 Å². The zero-order valence-corrected chi connectivity index (χ0v) is 12.7. The highest BCUT2D eigenvalue weighted by Crippen LogP contribution is 2.40. The molecule has 1 amide bonds. The number of oxazole rings is 1. The summed E-state index contributed by atoms with van der Waals surface area (Å²) < 4.78 is 5.23. The third-order valence-corrected chi connectivity index (χ3v) is 5.88. The molecule has 1 aromatic heterocycles. The van der Waals surface area contributed by atoms with Gasteiger partial charge in [-0.1, -0.05) is 11.8 Å². The molecule has 0 saturated carbocycles. The molecule has 0 bridgehead atoms.